The van der Waals surface area contributed by atoms with Gasteiger partial charge in [0.2, 0.25) is 0 Å². The molecule has 0 saturated heterocycles. The summed E-state index contributed by atoms with van der Waals surface area (Å²) < 4.78 is 0.937. The Morgan fingerprint density at radius 2 is 2.11 bits per heavy atom. The van der Waals surface area contributed by atoms with Gasteiger partial charge in [-0.1, -0.05) is 12.8 Å². The van der Waals surface area contributed by atoms with Crippen molar-refractivity contribution in [3.63, 3.8) is 0 Å². The Morgan fingerprint density at radius 3 is 2.58 bits per heavy atom. The minimum absolute atomic E-state index is 0.189. The van der Waals surface area contributed by atoms with Crippen molar-refractivity contribution < 1.29 is 14.7 Å². The molecule has 0 spiro atoms. The van der Waals surface area contributed by atoms with Crippen molar-refractivity contribution in [3.05, 3.63) is 20.3 Å². The van der Waals surface area contributed by atoms with E-state index in [1.165, 1.54) is 11.3 Å². The largest absolute Gasteiger partial charge is 0.481 e. The molecular weight excluding hydrogens is 330 g/mol. The van der Waals surface area contributed by atoms with E-state index in [2.05, 4.69) is 21.2 Å². The number of thiophene rings is 1. The van der Waals surface area contributed by atoms with Crippen molar-refractivity contribution in [2.45, 2.75) is 32.6 Å². The van der Waals surface area contributed by atoms with Crippen molar-refractivity contribution in [1.82, 2.24) is 5.32 Å². The van der Waals surface area contributed by atoms with E-state index in [0.29, 0.717) is 17.7 Å². The minimum atomic E-state index is -0.797. The maximum atomic E-state index is 12.0. The number of rotatable bonds is 4. The summed E-state index contributed by atoms with van der Waals surface area (Å²) in [5.41, 5.74) is 0.253. The number of carboxylic acid groups (broad SMARTS) is 1. The predicted octanol–water partition coefficient (Wildman–Crippen LogP) is 3.19. The third-order valence-electron chi connectivity index (χ3n) is 3.68. The molecule has 0 radical (unpaired) electrons. The van der Waals surface area contributed by atoms with Gasteiger partial charge in [0, 0.05) is 6.54 Å². The van der Waals surface area contributed by atoms with Crippen molar-refractivity contribution in [2.24, 2.45) is 5.41 Å². The number of hydrogen-bond acceptors (Lipinski definition) is 3. The molecule has 1 saturated carbocycles. The van der Waals surface area contributed by atoms with Crippen LogP contribution in [0.15, 0.2) is 9.85 Å². The molecule has 1 aromatic heterocycles. The molecular formula is C13H16BrNO3S. The molecule has 0 aliphatic heterocycles. The van der Waals surface area contributed by atoms with Crippen molar-refractivity contribution in [2.75, 3.05) is 6.54 Å². The molecule has 1 aromatic rings. The monoisotopic (exact) mass is 345 g/mol. The number of aryl methyl sites for hydroxylation is 1. The predicted molar refractivity (Wildman–Crippen MR) is 77.6 cm³/mol. The zero-order chi connectivity index (χ0) is 14.0. The van der Waals surface area contributed by atoms with E-state index in [9.17, 15) is 14.7 Å². The average molecular weight is 346 g/mol. The Labute approximate surface area is 124 Å². The SMILES string of the molecule is Cc1cc(C(=O)NCC2(C(=O)O)CCCC2)sc1Br. The van der Waals surface area contributed by atoms with Gasteiger partial charge in [0.25, 0.3) is 5.91 Å². The molecule has 0 bridgehead atoms. The Bertz CT molecular complexity index is 486. The molecule has 4 nitrogen and oxygen atoms in total. The second-order valence-corrected chi connectivity index (χ2v) is 7.41. The van der Waals surface area contributed by atoms with Crippen LogP contribution in [0.2, 0.25) is 0 Å². The third-order valence-corrected chi connectivity index (χ3v) is 5.82. The molecule has 1 aliphatic rings. The fraction of sp³-hybridized carbons (Fsp3) is 0.538. The Hall–Kier alpha value is -0.880. The number of halogens is 1. The van der Waals surface area contributed by atoms with Gasteiger partial charge in [-0.15, -0.1) is 11.3 Å². The molecule has 0 unspecified atom stereocenters. The standard InChI is InChI=1S/C13H16BrNO3S/c1-8-6-9(19-10(8)14)11(16)15-7-13(12(17)18)4-2-3-5-13/h6H,2-5,7H2,1H3,(H,15,16)(H,17,18). The van der Waals surface area contributed by atoms with E-state index in [1.807, 2.05) is 13.0 Å². The van der Waals surface area contributed by atoms with Gasteiger partial charge >= 0.3 is 5.97 Å². The van der Waals surface area contributed by atoms with Crippen LogP contribution in [-0.2, 0) is 4.79 Å². The summed E-state index contributed by atoms with van der Waals surface area (Å²) in [7, 11) is 0. The Balaban J connectivity index is 2.01. The first kappa shape index (κ1) is 14.5. The van der Waals surface area contributed by atoms with Gasteiger partial charge < -0.3 is 10.4 Å². The summed E-state index contributed by atoms with van der Waals surface area (Å²) in [4.78, 5) is 24.0. The first-order valence-electron chi connectivity index (χ1n) is 6.22. The summed E-state index contributed by atoms with van der Waals surface area (Å²) in [5, 5.41) is 12.1. The molecule has 6 heteroatoms. The summed E-state index contributed by atoms with van der Waals surface area (Å²) in [6.45, 7) is 2.14. The van der Waals surface area contributed by atoms with Crippen LogP contribution in [-0.4, -0.2) is 23.5 Å². The molecule has 0 aromatic carbocycles. The average Bonchev–Trinajstić information content (AvgIpc) is 2.95. The van der Waals surface area contributed by atoms with Gasteiger partial charge in [-0.3, -0.25) is 9.59 Å². The lowest BCUT2D eigenvalue weighted by Crippen LogP contribution is -2.41. The quantitative estimate of drug-likeness (QED) is 0.880. The highest BCUT2D eigenvalue weighted by Crippen LogP contribution is 2.38. The van der Waals surface area contributed by atoms with Crippen molar-refractivity contribution in [3.8, 4) is 0 Å². The third kappa shape index (κ3) is 3.00. The van der Waals surface area contributed by atoms with Crippen LogP contribution in [0.4, 0.5) is 0 Å². The molecule has 1 amide bonds. The molecule has 104 valence electrons. The summed E-state index contributed by atoms with van der Waals surface area (Å²) in [5.74, 6) is -0.986. The molecule has 1 aliphatic carbocycles. The van der Waals surface area contributed by atoms with Gasteiger partial charge in [-0.2, -0.15) is 0 Å². The normalized spacial score (nSPS) is 17.4. The Morgan fingerprint density at radius 1 is 1.47 bits per heavy atom. The minimum Gasteiger partial charge on any atom is -0.481 e. The summed E-state index contributed by atoms with van der Waals surface area (Å²) >= 11 is 4.75. The smallest absolute Gasteiger partial charge is 0.311 e. The maximum Gasteiger partial charge on any atom is 0.311 e. The number of carbonyl (C=O) groups is 2. The molecule has 19 heavy (non-hydrogen) atoms. The Kier molecular flexibility index (Phi) is 4.30. The van der Waals surface area contributed by atoms with E-state index in [-0.39, 0.29) is 12.5 Å². The highest BCUT2D eigenvalue weighted by atomic mass is 79.9. The van der Waals surface area contributed by atoms with Crippen LogP contribution >= 0.6 is 27.3 Å². The second-order valence-electron chi connectivity index (χ2n) is 5.04. The number of amides is 1. The van der Waals surface area contributed by atoms with E-state index >= 15 is 0 Å². The fourth-order valence-electron chi connectivity index (χ4n) is 2.43. The topological polar surface area (TPSA) is 66.4 Å². The number of aliphatic carboxylic acids is 1. The zero-order valence-corrected chi connectivity index (χ0v) is 13.1. The number of carboxylic acids is 1. The van der Waals surface area contributed by atoms with Crippen LogP contribution in [0, 0.1) is 12.3 Å². The van der Waals surface area contributed by atoms with Gasteiger partial charge in [0.1, 0.15) is 0 Å². The van der Waals surface area contributed by atoms with Crippen molar-refractivity contribution in [1.29, 1.82) is 0 Å². The van der Waals surface area contributed by atoms with E-state index in [4.69, 9.17) is 0 Å². The second kappa shape index (κ2) is 5.63. The van der Waals surface area contributed by atoms with Crippen molar-refractivity contribution >= 4 is 39.1 Å². The van der Waals surface area contributed by atoms with Crippen LogP contribution in [0.1, 0.15) is 40.9 Å². The van der Waals surface area contributed by atoms with Gasteiger partial charge in [0.15, 0.2) is 0 Å². The molecule has 2 N–H and O–H groups in total. The highest BCUT2D eigenvalue weighted by Gasteiger charge is 2.41. The lowest BCUT2D eigenvalue weighted by molar-refractivity contribution is -0.148. The number of carbonyl (C=O) groups excluding carboxylic acids is 1. The molecule has 1 fully saturated rings. The number of hydrogen-bond donors (Lipinski definition) is 2. The lowest BCUT2D eigenvalue weighted by atomic mass is 9.86. The number of nitrogens with one attached hydrogen (secondary N) is 1. The highest BCUT2D eigenvalue weighted by molar-refractivity contribution is 9.11. The van der Waals surface area contributed by atoms with Crippen LogP contribution < -0.4 is 5.32 Å². The van der Waals surface area contributed by atoms with E-state index < -0.39 is 11.4 Å². The molecule has 0 atom stereocenters. The maximum absolute atomic E-state index is 12.0. The first-order chi connectivity index (χ1) is 8.94. The van der Waals surface area contributed by atoms with E-state index in [1.54, 1.807) is 0 Å². The fourth-order valence-corrected chi connectivity index (χ4v) is 3.88. The van der Waals surface area contributed by atoms with E-state index in [0.717, 1.165) is 22.2 Å². The lowest BCUT2D eigenvalue weighted by Gasteiger charge is -2.23. The van der Waals surface area contributed by atoms with Gasteiger partial charge in [0.05, 0.1) is 14.1 Å². The van der Waals surface area contributed by atoms with Crippen LogP contribution in [0.25, 0.3) is 0 Å². The van der Waals surface area contributed by atoms with Crippen LogP contribution in [0.3, 0.4) is 0 Å². The first-order valence-corrected chi connectivity index (χ1v) is 7.83. The molecule has 2 rings (SSSR count). The van der Waals surface area contributed by atoms with Crippen LogP contribution in [0.5, 0.6) is 0 Å². The van der Waals surface area contributed by atoms with Gasteiger partial charge in [-0.25, -0.2) is 0 Å². The summed E-state index contributed by atoms with van der Waals surface area (Å²) in [6, 6.07) is 1.81. The molecule has 1 heterocycles. The summed E-state index contributed by atoms with van der Waals surface area (Å²) in [6.07, 6.45) is 3.14. The zero-order valence-electron chi connectivity index (χ0n) is 10.7. The van der Waals surface area contributed by atoms with Gasteiger partial charge in [-0.05, 0) is 47.3 Å².